The molecule has 1 aliphatic rings. The van der Waals surface area contributed by atoms with Gasteiger partial charge in [0.15, 0.2) is 11.3 Å². The summed E-state index contributed by atoms with van der Waals surface area (Å²) in [6.07, 6.45) is 1.78. The van der Waals surface area contributed by atoms with E-state index in [0.717, 1.165) is 16.5 Å². The Morgan fingerprint density at radius 3 is 2.43 bits per heavy atom. The van der Waals surface area contributed by atoms with Crippen LogP contribution in [0.5, 0.6) is 11.5 Å². The van der Waals surface area contributed by atoms with Crippen LogP contribution >= 0.6 is 0 Å². The molecule has 8 nitrogen and oxygen atoms in total. The lowest BCUT2D eigenvalue weighted by atomic mass is 9.81. The van der Waals surface area contributed by atoms with Gasteiger partial charge in [-0.25, -0.2) is 4.79 Å². The number of nitro benzene ring substituents is 1. The van der Waals surface area contributed by atoms with Crippen molar-refractivity contribution in [3.05, 3.63) is 130 Å². The molecule has 0 aliphatic carbocycles. The highest BCUT2D eigenvalue weighted by atomic mass is 16.6. The molecule has 5 aromatic rings. The van der Waals surface area contributed by atoms with E-state index in [0.29, 0.717) is 29.2 Å². The van der Waals surface area contributed by atoms with Gasteiger partial charge < -0.3 is 19.8 Å². The molecule has 1 aliphatic heterocycles. The maximum Gasteiger partial charge on any atom is 0.346 e. The zero-order valence-corrected chi connectivity index (χ0v) is 19.5. The zero-order chi connectivity index (χ0) is 25.4. The van der Waals surface area contributed by atoms with E-state index < -0.39 is 16.4 Å². The molecule has 0 amide bonds. The Morgan fingerprint density at radius 2 is 1.68 bits per heavy atom. The number of hydrogen-bond donors (Lipinski definition) is 2. The predicted molar refractivity (Wildman–Crippen MR) is 139 cm³/mol. The number of aromatic amines is 1. The van der Waals surface area contributed by atoms with Crippen molar-refractivity contribution in [1.82, 2.24) is 4.98 Å². The van der Waals surface area contributed by atoms with E-state index in [4.69, 9.17) is 9.47 Å². The fourth-order valence-electron chi connectivity index (χ4n) is 4.75. The van der Waals surface area contributed by atoms with Gasteiger partial charge in [-0.2, -0.15) is 0 Å². The molecule has 2 heterocycles. The number of non-ortho nitro benzene ring substituents is 1. The predicted octanol–water partition coefficient (Wildman–Crippen LogP) is 5.93. The first kappa shape index (κ1) is 22.4. The molecule has 0 saturated carbocycles. The third kappa shape index (κ3) is 3.75. The number of esters is 1. The molecule has 1 atom stereocenters. The largest absolute Gasteiger partial charge is 0.487 e. The van der Waals surface area contributed by atoms with Crippen LogP contribution in [0.15, 0.2) is 103 Å². The van der Waals surface area contributed by atoms with Gasteiger partial charge in [-0.1, -0.05) is 72.8 Å². The fourth-order valence-corrected chi connectivity index (χ4v) is 4.75. The highest BCUT2D eigenvalue weighted by Gasteiger charge is 2.49. The summed E-state index contributed by atoms with van der Waals surface area (Å²) in [5.41, 5.74) is 2.00. The number of aromatic nitrogens is 1. The molecule has 0 saturated heterocycles. The van der Waals surface area contributed by atoms with Gasteiger partial charge in [-0.05, 0) is 23.3 Å². The number of nitrogens with zero attached hydrogens (tertiary/aromatic N) is 1. The van der Waals surface area contributed by atoms with E-state index in [1.165, 1.54) is 12.1 Å². The number of para-hydroxylation sites is 1. The summed E-state index contributed by atoms with van der Waals surface area (Å²) >= 11 is 0. The minimum atomic E-state index is -1.40. The van der Waals surface area contributed by atoms with Crippen molar-refractivity contribution in [3.63, 3.8) is 0 Å². The second kappa shape index (κ2) is 8.83. The molecule has 37 heavy (non-hydrogen) atoms. The summed E-state index contributed by atoms with van der Waals surface area (Å²) in [6, 6.07) is 29.0. The molecule has 8 heteroatoms. The van der Waals surface area contributed by atoms with Gasteiger partial charge in [0.25, 0.3) is 5.69 Å². The van der Waals surface area contributed by atoms with Crippen LogP contribution in [0.2, 0.25) is 0 Å². The topological polar surface area (TPSA) is 106 Å². The summed E-state index contributed by atoms with van der Waals surface area (Å²) < 4.78 is 11.9. The van der Waals surface area contributed by atoms with Gasteiger partial charge in [-0.15, -0.1) is 0 Å². The second-order valence-corrected chi connectivity index (χ2v) is 8.72. The van der Waals surface area contributed by atoms with E-state index in [9.17, 15) is 14.9 Å². The number of carbonyl (C=O) groups excluding carboxylic acids is 1. The number of nitro groups is 1. The Balaban J connectivity index is 1.47. The number of hydrogen-bond acceptors (Lipinski definition) is 6. The first-order valence-corrected chi connectivity index (χ1v) is 11.7. The molecular formula is C29H21N3O5. The van der Waals surface area contributed by atoms with Crippen molar-refractivity contribution >= 4 is 28.2 Å². The van der Waals surface area contributed by atoms with Crippen molar-refractivity contribution in [3.8, 4) is 11.5 Å². The highest BCUT2D eigenvalue weighted by molar-refractivity contribution is 6.02. The first-order chi connectivity index (χ1) is 18.1. The molecule has 0 unspecified atom stereocenters. The van der Waals surface area contributed by atoms with Crippen LogP contribution in [0, 0.1) is 10.1 Å². The molecule has 0 bridgehead atoms. The van der Waals surface area contributed by atoms with Crippen molar-refractivity contribution in [2.75, 3.05) is 5.32 Å². The number of anilines is 1. The maximum atomic E-state index is 13.8. The van der Waals surface area contributed by atoms with Gasteiger partial charge in [-0.3, -0.25) is 10.1 Å². The van der Waals surface area contributed by atoms with Gasteiger partial charge >= 0.3 is 5.97 Å². The maximum absolute atomic E-state index is 13.8. The van der Waals surface area contributed by atoms with Crippen LogP contribution in [0.25, 0.3) is 10.9 Å². The quantitative estimate of drug-likeness (QED) is 0.132. The lowest BCUT2D eigenvalue weighted by molar-refractivity contribution is -0.384. The summed E-state index contributed by atoms with van der Waals surface area (Å²) in [5, 5.41) is 15.4. The third-order valence-electron chi connectivity index (χ3n) is 6.53. The van der Waals surface area contributed by atoms with Gasteiger partial charge in [0, 0.05) is 23.2 Å². The van der Waals surface area contributed by atoms with E-state index in [1.54, 1.807) is 12.3 Å². The molecule has 182 valence electrons. The van der Waals surface area contributed by atoms with Gasteiger partial charge in [0.2, 0.25) is 0 Å². The number of H-pyrrole nitrogens is 1. The van der Waals surface area contributed by atoms with Crippen LogP contribution in [0.3, 0.4) is 0 Å². The molecule has 1 aromatic heterocycles. The van der Waals surface area contributed by atoms with Crippen molar-refractivity contribution in [1.29, 1.82) is 0 Å². The number of carbonyl (C=O) groups is 1. The molecule has 2 N–H and O–H groups in total. The smallest absolute Gasteiger partial charge is 0.346 e. The Kier molecular flexibility index (Phi) is 5.34. The van der Waals surface area contributed by atoms with E-state index in [-0.39, 0.29) is 11.4 Å². The normalized spacial score (nSPS) is 16.5. The van der Waals surface area contributed by atoms with Crippen molar-refractivity contribution < 1.29 is 19.2 Å². The number of ether oxygens (including phenoxy) is 2. The highest BCUT2D eigenvalue weighted by Crippen LogP contribution is 2.46. The van der Waals surface area contributed by atoms with Crippen LogP contribution in [0.4, 0.5) is 11.4 Å². The number of benzene rings is 4. The summed E-state index contributed by atoms with van der Waals surface area (Å²) in [5.74, 6) is 0.164. The molecular weight excluding hydrogens is 470 g/mol. The lowest BCUT2D eigenvalue weighted by Gasteiger charge is -2.37. The monoisotopic (exact) mass is 491 g/mol. The molecule has 0 spiro atoms. The minimum absolute atomic E-state index is 0.109. The standard InChI is InChI=1S/C29H21N3O5/c33-28-29(20-10-5-2-6-11-20,31-24-15-14-21(32(34)35)16-26(24)37-28)23-17-30-27-22(23)12-7-13-25(27)36-18-19-8-3-1-4-9-19/h1-17,30-31H,18H2/t29-/m0/s1. The summed E-state index contributed by atoms with van der Waals surface area (Å²) in [6.45, 7) is 0.393. The number of fused-ring (bicyclic) bond motifs is 2. The van der Waals surface area contributed by atoms with Crippen molar-refractivity contribution in [2.45, 2.75) is 12.1 Å². The van der Waals surface area contributed by atoms with Crippen molar-refractivity contribution in [2.24, 2.45) is 0 Å². The zero-order valence-electron chi connectivity index (χ0n) is 19.5. The second-order valence-electron chi connectivity index (χ2n) is 8.72. The first-order valence-electron chi connectivity index (χ1n) is 11.7. The third-order valence-corrected chi connectivity index (χ3v) is 6.53. The molecule has 0 fully saturated rings. The molecule has 6 rings (SSSR count). The Hall–Kier alpha value is -5.11. The average molecular weight is 492 g/mol. The lowest BCUT2D eigenvalue weighted by Crippen LogP contribution is -2.49. The number of rotatable bonds is 6. The SMILES string of the molecule is O=C1Oc2cc([N+](=O)[O-])ccc2N[C@@]1(c1ccccc1)c1c[nH]c2c(OCc3ccccc3)cccc12. The van der Waals surface area contributed by atoms with E-state index >= 15 is 0 Å². The van der Waals surface area contributed by atoms with Crippen LogP contribution < -0.4 is 14.8 Å². The van der Waals surface area contributed by atoms with Gasteiger partial charge in [0.05, 0.1) is 22.2 Å². The Labute approximate surface area is 211 Å². The van der Waals surface area contributed by atoms with Crippen LogP contribution in [0.1, 0.15) is 16.7 Å². The van der Waals surface area contributed by atoms with E-state index in [2.05, 4.69) is 10.3 Å². The summed E-state index contributed by atoms with van der Waals surface area (Å²) in [4.78, 5) is 27.8. The fraction of sp³-hybridized carbons (Fsp3) is 0.0690. The minimum Gasteiger partial charge on any atom is -0.487 e. The molecule has 0 radical (unpaired) electrons. The van der Waals surface area contributed by atoms with E-state index in [1.807, 2.05) is 78.9 Å². The summed E-state index contributed by atoms with van der Waals surface area (Å²) in [7, 11) is 0. The Bertz CT molecular complexity index is 1630. The molecule has 4 aromatic carbocycles. The average Bonchev–Trinajstić information content (AvgIpc) is 3.37. The van der Waals surface area contributed by atoms with Crippen LogP contribution in [-0.2, 0) is 16.9 Å². The number of nitrogens with one attached hydrogen (secondary N) is 2. The van der Waals surface area contributed by atoms with Gasteiger partial charge in [0.1, 0.15) is 12.4 Å². The van der Waals surface area contributed by atoms with Crippen LogP contribution in [-0.4, -0.2) is 15.9 Å². The Morgan fingerprint density at radius 1 is 0.919 bits per heavy atom.